The second kappa shape index (κ2) is 6.94. The van der Waals surface area contributed by atoms with E-state index in [-0.39, 0.29) is 11.7 Å². The number of rotatable bonds is 3. The Morgan fingerprint density at radius 2 is 1.38 bits per heavy atom. The van der Waals surface area contributed by atoms with Gasteiger partial charge in [0, 0.05) is 0 Å². The van der Waals surface area contributed by atoms with E-state index in [4.69, 9.17) is 4.74 Å². The predicted octanol–water partition coefficient (Wildman–Crippen LogP) is 6.00. The zero-order chi connectivity index (χ0) is 16.2. The second-order valence-electron chi connectivity index (χ2n) is 7.14. The van der Waals surface area contributed by atoms with Crippen LogP contribution in [0.15, 0.2) is 72.3 Å². The van der Waals surface area contributed by atoms with E-state index in [0.29, 0.717) is 0 Å². The van der Waals surface area contributed by atoms with E-state index in [1.165, 1.54) is 43.2 Å². The van der Waals surface area contributed by atoms with Crippen molar-refractivity contribution in [3.63, 3.8) is 0 Å². The molecule has 0 bridgehead atoms. The maximum atomic E-state index is 6.75. The number of ether oxygens (including phenoxy) is 1. The lowest BCUT2D eigenvalue weighted by atomic mass is 9.84. The first-order chi connectivity index (χ1) is 11.9. The fourth-order valence-electron chi connectivity index (χ4n) is 4.28. The van der Waals surface area contributed by atoms with Crippen molar-refractivity contribution in [2.24, 2.45) is 0 Å². The smallest absolute Gasteiger partial charge is 0.119 e. The Labute approximate surface area is 145 Å². The molecule has 1 aliphatic heterocycles. The highest BCUT2D eigenvalue weighted by Crippen LogP contribution is 2.45. The maximum Gasteiger partial charge on any atom is 0.119 e. The van der Waals surface area contributed by atoms with Crippen LogP contribution in [0.2, 0.25) is 0 Å². The molecule has 2 aliphatic rings. The molecule has 1 aliphatic carbocycles. The number of benzene rings is 2. The summed E-state index contributed by atoms with van der Waals surface area (Å²) in [4.78, 5) is 0. The normalized spacial score (nSPS) is 23.2. The molecule has 1 heterocycles. The summed E-state index contributed by atoms with van der Waals surface area (Å²) in [6.45, 7) is 0. The highest BCUT2D eigenvalue weighted by molar-refractivity contribution is 5.38. The summed E-state index contributed by atoms with van der Waals surface area (Å²) in [6.07, 6.45) is 11.5. The third-order valence-corrected chi connectivity index (χ3v) is 5.53. The van der Waals surface area contributed by atoms with Crippen LogP contribution in [0.3, 0.4) is 0 Å². The van der Waals surface area contributed by atoms with Gasteiger partial charge < -0.3 is 4.74 Å². The van der Waals surface area contributed by atoms with Gasteiger partial charge in [-0.15, -0.1) is 0 Å². The van der Waals surface area contributed by atoms with Gasteiger partial charge in [0.2, 0.25) is 0 Å². The number of allylic oxidation sites excluding steroid dienone is 1. The van der Waals surface area contributed by atoms with Crippen LogP contribution in [0, 0.1) is 0 Å². The summed E-state index contributed by atoms with van der Waals surface area (Å²) in [6, 6.07) is 21.5. The molecule has 0 radical (unpaired) electrons. The van der Waals surface area contributed by atoms with Gasteiger partial charge in [-0.05, 0) is 49.7 Å². The Morgan fingerprint density at radius 3 is 1.96 bits per heavy atom. The van der Waals surface area contributed by atoms with Crippen LogP contribution in [0.4, 0.5) is 0 Å². The largest absolute Gasteiger partial charge is 0.358 e. The van der Waals surface area contributed by atoms with Crippen LogP contribution in [-0.2, 0) is 10.3 Å². The predicted molar refractivity (Wildman–Crippen MR) is 98.9 cm³/mol. The molecule has 1 atom stereocenters. The first kappa shape index (κ1) is 15.7. The standard InChI is InChI=1S/C23H26O/c1-4-10-19(11-5-1)18-22-16-17-23(24-22,20-12-6-2-7-13-20)21-14-8-3-9-15-21/h2-3,6-9,12-15,18,22H,1,4-5,10-11,16-17H2/t22-/m0/s1. The summed E-state index contributed by atoms with van der Waals surface area (Å²) in [5.74, 6) is 0. The lowest BCUT2D eigenvalue weighted by molar-refractivity contribution is 0.00353. The lowest BCUT2D eigenvalue weighted by Gasteiger charge is -2.31. The number of hydrogen-bond acceptors (Lipinski definition) is 1. The zero-order valence-electron chi connectivity index (χ0n) is 14.3. The summed E-state index contributed by atoms with van der Waals surface area (Å²) in [7, 11) is 0. The molecule has 2 aromatic carbocycles. The van der Waals surface area contributed by atoms with E-state index >= 15 is 0 Å². The van der Waals surface area contributed by atoms with Crippen LogP contribution < -0.4 is 0 Å². The van der Waals surface area contributed by atoms with Gasteiger partial charge in [-0.25, -0.2) is 0 Å². The molecule has 1 saturated heterocycles. The highest BCUT2D eigenvalue weighted by atomic mass is 16.5. The molecule has 4 rings (SSSR count). The Kier molecular flexibility index (Phi) is 4.53. The third kappa shape index (κ3) is 3.06. The molecule has 2 fully saturated rings. The topological polar surface area (TPSA) is 9.23 Å². The van der Waals surface area contributed by atoms with E-state index in [2.05, 4.69) is 66.7 Å². The molecule has 0 amide bonds. The minimum absolute atomic E-state index is 0.249. The van der Waals surface area contributed by atoms with Crippen molar-refractivity contribution in [3.8, 4) is 0 Å². The van der Waals surface area contributed by atoms with Gasteiger partial charge in [0.15, 0.2) is 0 Å². The van der Waals surface area contributed by atoms with Crippen LogP contribution in [0.1, 0.15) is 56.1 Å². The lowest BCUT2D eigenvalue weighted by Crippen LogP contribution is -2.27. The molecular formula is C23H26O. The monoisotopic (exact) mass is 318 g/mol. The Balaban J connectivity index is 1.66. The molecule has 0 N–H and O–H groups in total. The van der Waals surface area contributed by atoms with Gasteiger partial charge in [0.25, 0.3) is 0 Å². The van der Waals surface area contributed by atoms with Gasteiger partial charge in [0.05, 0.1) is 6.10 Å². The van der Waals surface area contributed by atoms with Crippen molar-refractivity contribution in [1.82, 2.24) is 0 Å². The molecule has 1 heteroatoms. The van der Waals surface area contributed by atoms with Crippen LogP contribution >= 0.6 is 0 Å². The van der Waals surface area contributed by atoms with Crippen molar-refractivity contribution in [2.75, 3.05) is 0 Å². The minimum Gasteiger partial charge on any atom is -0.358 e. The Bertz CT molecular complexity index is 639. The molecule has 0 aromatic heterocycles. The van der Waals surface area contributed by atoms with Crippen molar-refractivity contribution >= 4 is 0 Å². The molecule has 0 spiro atoms. The van der Waals surface area contributed by atoms with E-state index in [9.17, 15) is 0 Å². The number of hydrogen-bond donors (Lipinski definition) is 0. The van der Waals surface area contributed by atoms with Crippen molar-refractivity contribution in [1.29, 1.82) is 0 Å². The van der Waals surface area contributed by atoms with Gasteiger partial charge in [-0.2, -0.15) is 0 Å². The van der Waals surface area contributed by atoms with Gasteiger partial charge in [-0.1, -0.05) is 78.7 Å². The van der Waals surface area contributed by atoms with Crippen LogP contribution in [0.5, 0.6) is 0 Å². The Morgan fingerprint density at radius 1 is 0.792 bits per heavy atom. The quantitative estimate of drug-likeness (QED) is 0.631. The molecular weight excluding hydrogens is 292 g/mol. The van der Waals surface area contributed by atoms with Crippen molar-refractivity contribution in [2.45, 2.75) is 56.7 Å². The van der Waals surface area contributed by atoms with Gasteiger partial charge >= 0.3 is 0 Å². The summed E-state index contributed by atoms with van der Waals surface area (Å²) < 4.78 is 6.75. The van der Waals surface area contributed by atoms with Gasteiger partial charge in [-0.3, -0.25) is 0 Å². The summed E-state index contributed by atoms with van der Waals surface area (Å²) in [5, 5.41) is 0. The minimum atomic E-state index is -0.293. The first-order valence-electron chi connectivity index (χ1n) is 9.35. The van der Waals surface area contributed by atoms with E-state index in [1.807, 2.05) is 0 Å². The molecule has 0 unspecified atom stereocenters. The zero-order valence-corrected chi connectivity index (χ0v) is 14.3. The average Bonchev–Trinajstić information content (AvgIpc) is 3.09. The average molecular weight is 318 g/mol. The van der Waals surface area contributed by atoms with E-state index in [0.717, 1.165) is 12.8 Å². The first-order valence-corrected chi connectivity index (χ1v) is 9.35. The fourth-order valence-corrected chi connectivity index (χ4v) is 4.28. The molecule has 1 saturated carbocycles. The SMILES string of the molecule is C(=C1CCCCC1)[C@@H]1CCC(c2ccccc2)(c2ccccc2)O1. The molecule has 24 heavy (non-hydrogen) atoms. The Hall–Kier alpha value is -1.86. The molecule has 1 nitrogen and oxygen atoms in total. The summed E-state index contributed by atoms with van der Waals surface area (Å²) >= 11 is 0. The van der Waals surface area contributed by atoms with Crippen LogP contribution in [-0.4, -0.2) is 6.10 Å². The maximum absolute atomic E-state index is 6.75. The fraction of sp³-hybridized carbons (Fsp3) is 0.391. The van der Waals surface area contributed by atoms with Crippen molar-refractivity contribution < 1.29 is 4.74 Å². The molecule has 2 aromatic rings. The van der Waals surface area contributed by atoms with Crippen molar-refractivity contribution in [3.05, 3.63) is 83.4 Å². The van der Waals surface area contributed by atoms with E-state index in [1.54, 1.807) is 5.57 Å². The second-order valence-corrected chi connectivity index (χ2v) is 7.14. The summed E-state index contributed by atoms with van der Waals surface area (Å²) in [5.41, 5.74) is 3.88. The van der Waals surface area contributed by atoms with Gasteiger partial charge in [0.1, 0.15) is 5.60 Å². The van der Waals surface area contributed by atoms with Crippen LogP contribution in [0.25, 0.3) is 0 Å². The molecule has 124 valence electrons. The van der Waals surface area contributed by atoms with E-state index < -0.39 is 0 Å². The highest BCUT2D eigenvalue weighted by Gasteiger charge is 2.42. The third-order valence-electron chi connectivity index (χ3n) is 5.53.